The van der Waals surface area contributed by atoms with Gasteiger partial charge in [-0.15, -0.1) is 0 Å². The molecule has 28 atom stereocenters. The van der Waals surface area contributed by atoms with Crippen LogP contribution in [0.4, 0.5) is 0 Å². The minimum atomic E-state index is -2.14. The van der Waals surface area contributed by atoms with Crippen LogP contribution < -0.4 is 0 Å². The Morgan fingerprint density at radius 2 is 1.36 bits per heavy atom. The number of hydrogen-bond acceptors (Lipinski definition) is 24. The summed E-state index contributed by atoms with van der Waals surface area (Å²) in [7, 11) is 0. The van der Waals surface area contributed by atoms with E-state index in [-0.39, 0.29) is 23.8 Å². The van der Waals surface area contributed by atoms with Crippen molar-refractivity contribution in [2.75, 3.05) is 19.8 Å². The lowest BCUT2D eigenvalue weighted by molar-refractivity contribution is -0.392. The van der Waals surface area contributed by atoms with Crippen molar-refractivity contribution < 1.29 is 123 Å². The van der Waals surface area contributed by atoms with Gasteiger partial charge in [-0.05, 0) is 99.7 Å². The number of fused-ring (bicyclic) bond motifs is 7. The monoisotopic (exact) mass is 1210 g/mol. The van der Waals surface area contributed by atoms with Gasteiger partial charge in [0, 0.05) is 16.4 Å². The van der Waals surface area contributed by atoms with Crippen LogP contribution >= 0.6 is 0 Å². The average molecular weight is 1220 g/mol. The molecule has 0 aromatic rings. The van der Waals surface area contributed by atoms with E-state index in [1.807, 2.05) is 34.6 Å². The number of hydrogen-bond donors (Lipinski definition) is 12. The predicted molar refractivity (Wildman–Crippen MR) is 292 cm³/mol. The molecule has 25 nitrogen and oxygen atoms in total. The van der Waals surface area contributed by atoms with Crippen LogP contribution in [0.5, 0.6) is 0 Å². The number of aliphatic carboxylic acids is 1. The van der Waals surface area contributed by atoms with Gasteiger partial charge < -0.3 is 104 Å². The molecular formula is C60H94O25. The summed E-state index contributed by atoms with van der Waals surface area (Å²) in [6.45, 7) is 19.8. The Kier molecular flexibility index (Phi) is 19.7. The first-order chi connectivity index (χ1) is 39.6. The molecule has 0 amide bonds. The average Bonchev–Trinajstić information content (AvgIpc) is 0.680. The van der Waals surface area contributed by atoms with E-state index >= 15 is 0 Å². The lowest BCUT2D eigenvalue weighted by Crippen LogP contribution is -2.76. The molecule has 8 aliphatic rings. The number of allylic oxidation sites excluding steroid dienone is 2. The molecule has 85 heavy (non-hydrogen) atoms. The maximum Gasteiger partial charge on any atom is 0.347 e. The Hall–Kier alpha value is -3.32. The summed E-state index contributed by atoms with van der Waals surface area (Å²) in [5.41, 5.74) is -5.13. The maximum atomic E-state index is 14.1. The van der Waals surface area contributed by atoms with Crippen LogP contribution in [0.2, 0.25) is 0 Å². The topological polar surface area (TPSA) is 394 Å². The number of esters is 3. The molecule has 0 radical (unpaired) electrons. The van der Waals surface area contributed by atoms with Gasteiger partial charge in [0.15, 0.2) is 37.2 Å². The molecule has 25 heteroatoms. The number of rotatable bonds is 16. The Morgan fingerprint density at radius 3 is 1.98 bits per heavy atom. The van der Waals surface area contributed by atoms with Gasteiger partial charge in [-0.1, -0.05) is 80.0 Å². The van der Waals surface area contributed by atoms with Crippen molar-refractivity contribution >= 4 is 23.9 Å². The van der Waals surface area contributed by atoms with Crippen molar-refractivity contribution in [2.24, 2.45) is 56.2 Å². The smallest absolute Gasteiger partial charge is 0.347 e. The highest BCUT2D eigenvalue weighted by atomic mass is 16.8. The first-order valence-electron chi connectivity index (χ1n) is 30.0. The minimum absolute atomic E-state index is 0.186. The molecule has 5 aliphatic carbocycles. The molecule has 0 bridgehead atoms. The lowest BCUT2D eigenvalue weighted by atomic mass is 9.32. The summed E-state index contributed by atoms with van der Waals surface area (Å²) in [6, 6.07) is 0. The third-order valence-corrected chi connectivity index (χ3v) is 22.2. The molecular weight excluding hydrogens is 1120 g/mol. The zero-order chi connectivity index (χ0) is 63.2. The van der Waals surface area contributed by atoms with Crippen molar-refractivity contribution in [2.45, 2.75) is 251 Å². The van der Waals surface area contributed by atoms with Crippen molar-refractivity contribution in [1.82, 2.24) is 0 Å². The van der Waals surface area contributed by atoms with E-state index in [2.05, 4.69) is 19.9 Å². The quantitative estimate of drug-likeness (QED) is 0.0324. The number of aliphatic hydroxyl groups excluding tert-OH is 11. The highest BCUT2D eigenvalue weighted by Crippen LogP contribution is 2.76. The summed E-state index contributed by atoms with van der Waals surface area (Å²) in [5, 5.41) is 135. The number of ether oxygens (including phenoxy) is 9. The third-order valence-electron chi connectivity index (χ3n) is 22.2. The Morgan fingerprint density at radius 1 is 0.729 bits per heavy atom. The van der Waals surface area contributed by atoms with Gasteiger partial charge in [-0.2, -0.15) is 0 Å². The van der Waals surface area contributed by atoms with E-state index in [0.717, 1.165) is 5.57 Å². The van der Waals surface area contributed by atoms with Crippen molar-refractivity contribution in [3.63, 3.8) is 0 Å². The molecule has 3 heterocycles. The molecule has 4 saturated carbocycles. The van der Waals surface area contributed by atoms with E-state index < -0.39 is 211 Å². The van der Waals surface area contributed by atoms with Crippen LogP contribution in [-0.2, 0) is 61.8 Å². The van der Waals surface area contributed by atoms with Gasteiger partial charge >= 0.3 is 23.9 Å². The summed E-state index contributed by atoms with van der Waals surface area (Å²) in [4.78, 5) is 53.7. The number of carbonyl (C=O) groups is 4. The van der Waals surface area contributed by atoms with Crippen LogP contribution in [0.1, 0.15) is 128 Å². The van der Waals surface area contributed by atoms with E-state index in [4.69, 9.17) is 42.6 Å². The van der Waals surface area contributed by atoms with Crippen molar-refractivity contribution in [3.8, 4) is 0 Å². The minimum Gasteiger partial charge on any atom is -0.479 e. The molecule has 8 rings (SSSR count). The zero-order valence-corrected chi connectivity index (χ0v) is 50.8. The van der Waals surface area contributed by atoms with Crippen LogP contribution in [0.3, 0.4) is 0 Å². The normalized spacial score (nSPS) is 47.5. The maximum absolute atomic E-state index is 14.1. The second kappa shape index (κ2) is 24.8. The number of carboxylic acids is 1. The SMILES string of the molecule is C/C=C(/C)C(=O)OC(C)C(=O)O[C@H]1[C@H](OC(=O)C(C)CC)[C@@]2(CO)C(CC1(C)C)C1=CCC3[C@@]4(C)CC[C@H](O[C@@H]5OC(C(=O)O)[C@@H](O)[C@@H](O[C@@H]6OC[C@@H](O)[C@@H](O)C6O)C5O[C@@H]5OC(CO)[C@H](O)[C@@H](O)C5O)C(C)(C)C4CC[C@@]3(C)[C@]1(C)[C@@H](O)[C@H]2O. The fourth-order valence-electron chi connectivity index (χ4n) is 16.5. The van der Waals surface area contributed by atoms with Gasteiger partial charge in [0.1, 0.15) is 67.1 Å². The molecule has 12 N–H and O–H groups in total. The first-order valence-corrected chi connectivity index (χ1v) is 30.0. The van der Waals surface area contributed by atoms with Crippen LogP contribution in [0, 0.1) is 56.2 Å². The number of aliphatic hydroxyl groups is 11. The van der Waals surface area contributed by atoms with Gasteiger partial charge in [-0.3, -0.25) is 4.79 Å². The van der Waals surface area contributed by atoms with E-state index in [1.54, 1.807) is 20.8 Å². The Bertz CT molecular complexity index is 2500. The predicted octanol–water partition coefficient (Wildman–Crippen LogP) is 0.274. The Labute approximate surface area is 495 Å². The van der Waals surface area contributed by atoms with Crippen LogP contribution in [-0.4, -0.2) is 228 Å². The largest absolute Gasteiger partial charge is 0.479 e. The third kappa shape index (κ3) is 11.1. The summed E-state index contributed by atoms with van der Waals surface area (Å²) < 4.78 is 54.5. The van der Waals surface area contributed by atoms with E-state index in [0.29, 0.717) is 38.5 Å². The van der Waals surface area contributed by atoms with Crippen molar-refractivity contribution in [1.29, 1.82) is 0 Å². The fraction of sp³-hybridized carbons (Fsp3) is 0.867. The molecule has 10 unspecified atom stereocenters. The highest BCUT2D eigenvalue weighted by molar-refractivity contribution is 5.90. The van der Waals surface area contributed by atoms with Gasteiger partial charge in [0.05, 0.1) is 49.5 Å². The molecule has 7 fully saturated rings. The summed E-state index contributed by atoms with van der Waals surface area (Å²) >= 11 is 0. The second-order valence-electron chi connectivity index (χ2n) is 27.5. The van der Waals surface area contributed by atoms with Gasteiger partial charge in [0.25, 0.3) is 0 Å². The van der Waals surface area contributed by atoms with E-state index in [1.165, 1.54) is 19.9 Å². The van der Waals surface area contributed by atoms with Crippen LogP contribution in [0.15, 0.2) is 23.3 Å². The zero-order valence-electron chi connectivity index (χ0n) is 50.8. The standard InChI is InChI=1S/C60H94O25/c1-13-25(3)49(74)78-27(5)51(76)84-46-47(85-50(75)26(4)14-2)60(24-62)29(21-55(46,6)7)28-15-16-33-57(10)19-18-34(56(8,9)32(57)17-20-58(33,11)59(28,12)44(70)45(60)71)80-54-43(83-53-39(68)37(66)36(65)31(22-61)79-53)41(40(69)42(82-54)48(72)73)81-52-38(67)35(64)30(63)23-77-52/h13,15,26-27,29-47,52-54,61-71H,14,16-24H2,1-12H3,(H,72,73)/b25-13-/t26?,27?,29?,30-,31?,32?,33?,34+,35-,36+,37-,38?,39?,40+,41-,42?,43?,44+,45-,46+,47+,52+,53+,54-,57+,58-,59+,60+/m1/s1. The number of carboxylic acid groups (broad SMARTS) is 1. The first kappa shape index (κ1) is 67.6. The second-order valence-corrected chi connectivity index (χ2v) is 27.5. The fourth-order valence-corrected chi connectivity index (χ4v) is 16.5. The van der Waals surface area contributed by atoms with Gasteiger partial charge in [0.2, 0.25) is 0 Å². The molecule has 0 spiro atoms. The van der Waals surface area contributed by atoms with Crippen molar-refractivity contribution in [3.05, 3.63) is 23.3 Å². The highest BCUT2D eigenvalue weighted by Gasteiger charge is 2.76. The molecule has 3 aliphatic heterocycles. The van der Waals surface area contributed by atoms with Crippen LogP contribution in [0.25, 0.3) is 0 Å². The lowest BCUT2D eigenvalue weighted by Gasteiger charge is -2.73. The number of carbonyl (C=O) groups excluding carboxylic acids is 3. The van der Waals surface area contributed by atoms with E-state index in [9.17, 15) is 80.5 Å². The summed E-state index contributed by atoms with van der Waals surface area (Å²) in [6.07, 6.45) is -27.9. The molecule has 3 saturated heterocycles. The molecule has 0 aromatic carbocycles. The van der Waals surface area contributed by atoms with Gasteiger partial charge in [-0.25, -0.2) is 14.4 Å². The molecule has 0 aromatic heterocycles. The summed E-state index contributed by atoms with van der Waals surface area (Å²) in [5.74, 6) is -5.77. The Balaban J connectivity index is 1.13. The molecule has 484 valence electrons.